The van der Waals surface area contributed by atoms with Gasteiger partial charge in [0, 0.05) is 25.5 Å². The Bertz CT molecular complexity index is 1090. The number of rotatable bonds is 10. The Morgan fingerprint density at radius 2 is 1.78 bits per heavy atom. The standard InChI is InChI=1S/C30H36O7/c1-36-30(29(35)28(34)24(31)15-14-19-8-5-6-9-19)26(33)16-21-18-37-27-13-7-12-22(23(27)17-25(21)32)20-10-3-2-4-11-20/h2-4,7,10-15,19,21,24,28-31,34-35H,5-6,8-9,16-18H2,1H3/b15-14+/t21?,24-,28+,29-,30+/m1/s1. The lowest BCUT2D eigenvalue weighted by Crippen LogP contribution is -2.48. The summed E-state index contributed by atoms with van der Waals surface area (Å²) in [6.07, 6.45) is 1.62. The molecule has 0 radical (unpaired) electrons. The first-order chi connectivity index (χ1) is 17.9. The molecule has 7 nitrogen and oxygen atoms in total. The molecule has 2 aromatic rings. The predicted octanol–water partition coefficient (Wildman–Crippen LogP) is 3.28. The molecular weight excluding hydrogens is 472 g/mol. The van der Waals surface area contributed by atoms with Crippen LogP contribution in [0, 0.1) is 11.8 Å². The monoisotopic (exact) mass is 508 g/mol. The van der Waals surface area contributed by atoms with Crippen molar-refractivity contribution in [3.8, 4) is 16.9 Å². The lowest BCUT2D eigenvalue weighted by molar-refractivity contribution is -0.149. The molecule has 7 heteroatoms. The maximum absolute atomic E-state index is 13.2. The third kappa shape index (κ3) is 6.54. The molecule has 1 saturated carbocycles. The molecular formula is C30H36O7. The largest absolute Gasteiger partial charge is 0.493 e. The van der Waals surface area contributed by atoms with E-state index < -0.39 is 36.1 Å². The average molecular weight is 509 g/mol. The fraction of sp³-hybridized carbons (Fsp3) is 0.467. The van der Waals surface area contributed by atoms with Crippen LogP contribution in [0.3, 0.4) is 0 Å². The van der Waals surface area contributed by atoms with Crippen molar-refractivity contribution in [2.45, 2.75) is 62.9 Å². The van der Waals surface area contributed by atoms with Gasteiger partial charge in [-0.05, 0) is 36.0 Å². The summed E-state index contributed by atoms with van der Waals surface area (Å²) in [6.45, 7) is 0.0254. The van der Waals surface area contributed by atoms with Crippen LogP contribution < -0.4 is 4.74 Å². The third-order valence-corrected chi connectivity index (χ3v) is 7.47. The number of methoxy groups -OCH3 is 1. The summed E-state index contributed by atoms with van der Waals surface area (Å²) in [4.78, 5) is 26.3. The Kier molecular flexibility index (Phi) is 9.27. The Hall–Kier alpha value is -2.84. The van der Waals surface area contributed by atoms with Gasteiger partial charge in [0.1, 0.15) is 35.9 Å². The topological polar surface area (TPSA) is 113 Å². The number of hydrogen-bond donors (Lipinski definition) is 3. The second-order valence-electron chi connectivity index (χ2n) is 10.0. The summed E-state index contributed by atoms with van der Waals surface area (Å²) in [5, 5.41) is 31.5. The van der Waals surface area contributed by atoms with Gasteiger partial charge in [-0.1, -0.05) is 67.5 Å². The van der Waals surface area contributed by atoms with Gasteiger partial charge in [0.2, 0.25) is 0 Å². The SMILES string of the molecule is CO[C@@H](C(=O)CC1COc2cccc(-c3ccccc3)c2CC1=O)[C@H](O)[C@@H](O)[C@H](O)/C=C/C1CCCC1. The first-order valence-corrected chi connectivity index (χ1v) is 13.0. The maximum atomic E-state index is 13.2. The van der Waals surface area contributed by atoms with Crippen molar-refractivity contribution in [1.82, 2.24) is 0 Å². The second kappa shape index (κ2) is 12.6. The van der Waals surface area contributed by atoms with Crippen LogP contribution in [0.25, 0.3) is 11.1 Å². The third-order valence-electron chi connectivity index (χ3n) is 7.47. The highest BCUT2D eigenvalue weighted by Gasteiger charge is 2.38. The predicted molar refractivity (Wildman–Crippen MR) is 139 cm³/mol. The number of benzene rings is 2. The van der Waals surface area contributed by atoms with Crippen LogP contribution in [0.5, 0.6) is 5.75 Å². The van der Waals surface area contributed by atoms with E-state index in [-0.39, 0.29) is 25.2 Å². The van der Waals surface area contributed by atoms with Crippen LogP contribution in [0.2, 0.25) is 0 Å². The van der Waals surface area contributed by atoms with Gasteiger partial charge in [0.15, 0.2) is 5.78 Å². The maximum Gasteiger partial charge on any atom is 0.165 e. The molecule has 0 bridgehead atoms. The number of fused-ring (bicyclic) bond motifs is 1. The summed E-state index contributed by atoms with van der Waals surface area (Å²) < 4.78 is 11.2. The zero-order valence-electron chi connectivity index (χ0n) is 21.2. The number of aliphatic hydroxyl groups excluding tert-OH is 3. The number of hydrogen-bond acceptors (Lipinski definition) is 7. The van der Waals surface area contributed by atoms with Crippen LogP contribution in [-0.2, 0) is 20.7 Å². The van der Waals surface area contributed by atoms with Crippen molar-refractivity contribution in [3.63, 3.8) is 0 Å². The molecule has 2 aromatic carbocycles. The van der Waals surface area contributed by atoms with Gasteiger partial charge in [0.05, 0.1) is 12.5 Å². The molecule has 0 spiro atoms. The molecule has 1 heterocycles. The molecule has 2 aliphatic rings. The van der Waals surface area contributed by atoms with Gasteiger partial charge < -0.3 is 24.8 Å². The number of ketones is 2. The molecule has 1 aliphatic heterocycles. The van der Waals surface area contributed by atoms with E-state index >= 15 is 0 Å². The number of aliphatic hydroxyl groups is 3. The van der Waals surface area contributed by atoms with E-state index in [4.69, 9.17) is 9.47 Å². The zero-order valence-corrected chi connectivity index (χ0v) is 21.2. The second-order valence-corrected chi connectivity index (χ2v) is 10.0. The molecule has 37 heavy (non-hydrogen) atoms. The zero-order chi connectivity index (χ0) is 26.4. The number of ether oxygens (including phenoxy) is 2. The average Bonchev–Trinajstić information content (AvgIpc) is 3.38. The Labute approximate surface area is 217 Å². The molecule has 4 rings (SSSR count). The van der Waals surface area contributed by atoms with Gasteiger partial charge in [-0.3, -0.25) is 9.59 Å². The van der Waals surface area contributed by atoms with E-state index in [9.17, 15) is 24.9 Å². The lowest BCUT2D eigenvalue weighted by atomic mass is 9.88. The first kappa shape index (κ1) is 27.2. The van der Waals surface area contributed by atoms with Crippen molar-refractivity contribution >= 4 is 11.6 Å². The van der Waals surface area contributed by atoms with Crippen LogP contribution in [0.4, 0.5) is 0 Å². The van der Waals surface area contributed by atoms with E-state index in [1.165, 1.54) is 13.2 Å². The molecule has 0 saturated heterocycles. The Balaban J connectivity index is 1.41. The summed E-state index contributed by atoms with van der Waals surface area (Å²) in [7, 11) is 1.26. The molecule has 0 amide bonds. The van der Waals surface area contributed by atoms with E-state index in [0.29, 0.717) is 11.7 Å². The van der Waals surface area contributed by atoms with E-state index in [1.54, 1.807) is 0 Å². The summed E-state index contributed by atoms with van der Waals surface area (Å²) in [5.41, 5.74) is 2.67. The fourth-order valence-corrected chi connectivity index (χ4v) is 5.28. The van der Waals surface area contributed by atoms with E-state index in [2.05, 4.69) is 0 Å². The van der Waals surface area contributed by atoms with Gasteiger partial charge in [-0.15, -0.1) is 0 Å². The van der Waals surface area contributed by atoms with Gasteiger partial charge in [0.25, 0.3) is 0 Å². The molecule has 1 aliphatic carbocycles. The van der Waals surface area contributed by atoms with Gasteiger partial charge >= 0.3 is 0 Å². The molecule has 0 aromatic heterocycles. The number of Topliss-reactive ketones (excluding diaryl/α,β-unsaturated/α-hetero) is 2. The van der Waals surface area contributed by atoms with Crippen molar-refractivity contribution in [2.75, 3.05) is 13.7 Å². The summed E-state index contributed by atoms with van der Waals surface area (Å²) in [6, 6.07) is 15.4. The van der Waals surface area contributed by atoms with Gasteiger partial charge in [-0.2, -0.15) is 0 Å². The van der Waals surface area contributed by atoms with Gasteiger partial charge in [-0.25, -0.2) is 0 Å². The van der Waals surface area contributed by atoms with Crippen molar-refractivity contribution in [3.05, 3.63) is 66.2 Å². The highest BCUT2D eigenvalue weighted by atomic mass is 16.5. The van der Waals surface area contributed by atoms with Crippen LogP contribution in [0.1, 0.15) is 37.7 Å². The quantitative estimate of drug-likeness (QED) is 0.422. The van der Waals surface area contributed by atoms with E-state index in [0.717, 1.165) is 42.4 Å². The molecule has 5 atom stereocenters. The van der Waals surface area contributed by atoms with Crippen LogP contribution in [-0.4, -0.2) is 65.0 Å². The lowest BCUT2D eigenvalue weighted by Gasteiger charge is -2.27. The molecule has 198 valence electrons. The number of carbonyl (C=O) groups is 2. The fourth-order valence-electron chi connectivity index (χ4n) is 5.28. The van der Waals surface area contributed by atoms with Crippen molar-refractivity contribution in [2.24, 2.45) is 11.8 Å². The normalized spacial score (nSPS) is 21.6. The Morgan fingerprint density at radius 1 is 1.05 bits per heavy atom. The minimum atomic E-state index is -1.65. The van der Waals surface area contributed by atoms with E-state index in [1.807, 2.05) is 54.6 Å². The van der Waals surface area contributed by atoms with Crippen molar-refractivity contribution in [1.29, 1.82) is 0 Å². The minimum absolute atomic E-state index is 0.0254. The number of allylic oxidation sites excluding steroid dienone is 1. The molecule has 1 unspecified atom stereocenters. The highest BCUT2D eigenvalue weighted by Crippen LogP contribution is 2.34. The van der Waals surface area contributed by atoms with Crippen LogP contribution in [0.15, 0.2) is 60.7 Å². The van der Waals surface area contributed by atoms with Crippen LogP contribution >= 0.6 is 0 Å². The van der Waals surface area contributed by atoms with Crippen molar-refractivity contribution < 1.29 is 34.4 Å². The Morgan fingerprint density at radius 3 is 2.49 bits per heavy atom. The molecule has 3 N–H and O–H groups in total. The molecule has 1 fully saturated rings. The first-order valence-electron chi connectivity index (χ1n) is 13.0. The summed E-state index contributed by atoms with van der Waals surface area (Å²) >= 11 is 0. The number of carbonyl (C=O) groups excluding carboxylic acids is 2. The minimum Gasteiger partial charge on any atom is -0.493 e. The highest BCUT2D eigenvalue weighted by molar-refractivity contribution is 5.93. The smallest absolute Gasteiger partial charge is 0.165 e. The summed E-state index contributed by atoms with van der Waals surface area (Å²) in [5.74, 6) is -0.429.